The second kappa shape index (κ2) is 7.82. The maximum atomic E-state index is 4.51. The molecule has 0 radical (unpaired) electrons. The molecular formula is C17H33N3. The molecule has 0 fully saturated rings. The van der Waals surface area contributed by atoms with Gasteiger partial charge in [0.1, 0.15) is 5.82 Å². The summed E-state index contributed by atoms with van der Waals surface area (Å²) in [7, 11) is 0. The standard InChI is InChI=1S/C17H33N3/c1-7-18-15(11-14(3)13-17(4,5)6)12-16-19-9-10-20(16)8-2/h9-10,14-15,18H,7-8,11-13H2,1-6H3. The van der Waals surface area contributed by atoms with Gasteiger partial charge in [-0.1, -0.05) is 34.6 Å². The Morgan fingerprint density at radius 1 is 1.30 bits per heavy atom. The van der Waals surface area contributed by atoms with Crippen molar-refractivity contribution in [1.29, 1.82) is 0 Å². The quantitative estimate of drug-likeness (QED) is 0.782. The van der Waals surface area contributed by atoms with Crippen molar-refractivity contribution in [3.05, 3.63) is 18.2 Å². The highest BCUT2D eigenvalue weighted by molar-refractivity contribution is 4.96. The lowest BCUT2D eigenvalue weighted by Crippen LogP contribution is -2.34. The van der Waals surface area contributed by atoms with E-state index in [2.05, 4.69) is 62.6 Å². The Bertz CT molecular complexity index is 376. The molecule has 1 aromatic heterocycles. The van der Waals surface area contributed by atoms with E-state index in [0.717, 1.165) is 25.4 Å². The molecule has 0 aliphatic heterocycles. The minimum atomic E-state index is 0.415. The van der Waals surface area contributed by atoms with Gasteiger partial charge in [-0.05, 0) is 37.6 Å². The van der Waals surface area contributed by atoms with Crippen LogP contribution in [0, 0.1) is 11.3 Å². The van der Waals surface area contributed by atoms with Crippen LogP contribution in [0.1, 0.15) is 60.2 Å². The fourth-order valence-electron chi connectivity index (χ4n) is 3.18. The smallest absolute Gasteiger partial charge is 0.110 e. The first-order valence-electron chi connectivity index (χ1n) is 8.09. The van der Waals surface area contributed by atoms with E-state index in [1.807, 2.05) is 6.20 Å². The molecule has 116 valence electrons. The van der Waals surface area contributed by atoms with Crippen molar-refractivity contribution in [3.63, 3.8) is 0 Å². The minimum Gasteiger partial charge on any atom is -0.335 e. The summed E-state index contributed by atoms with van der Waals surface area (Å²) >= 11 is 0. The molecule has 0 saturated heterocycles. The number of likely N-dealkylation sites (N-methyl/N-ethyl adjacent to an activating group) is 1. The summed E-state index contributed by atoms with van der Waals surface area (Å²) in [5.41, 5.74) is 0.415. The minimum absolute atomic E-state index is 0.415. The van der Waals surface area contributed by atoms with E-state index >= 15 is 0 Å². The Kier molecular flexibility index (Phi) is 6.74. The summed E-state index contributed by atoms with van der Waals surface area (Å²) < 4.78 is 2.25. The molecule has 2 atom stereocenters. The van der Waals surface area contributed by atoms with Crippen LogP contribution in [0.5, 0.6) is 0 Å². The molecule has 3 heteroatoms. The maximum absolute atomic E-state index is 4.51. The third kappa shape index (κ3) is 6.08. The van der Waals surface area contributed by atoms with Crippen molar-refractivity contribution in [2.45, 2.75) is 73.4 Å². The van der Waals surface area contributed by atoms with Gasteiger partial charge in [-0.25, -0.2) is 4.98 Å². The van der Waals surface area contributed by atoms with Gasteiger partial charge in [0.25, 0.3) is 0 Å². The molecular weight excluding hydrogens is 246 g/mol. The van der Waals surface area contributed by atoms with Crippen LogP contribution in [0.2, 0.25) is 0 Å². The lowest BCUT2D eigenvalue weighted by molar-refractivity contribution is 0.273. The van der Waals surface area contributed by atoms with Gasteiger partial charge < -0.3 is 9.88 Å². The number of hydrogen-bond acceptors (Lipinski definition) is 2. The van der Waals surface area contributed by atoms with E-state index in [0.29, 0.717) is 11.5 Å². The second-order valence-electron chi connectivity index (χ2n) is 7.19. The van der Waals surface area contributed by atoms with Crippen molar-refractivity contribution >= 4 is 0 Å². The van der Waals surface area contributed by atoms with Crippen LogP contribution in [-0.4, -0.2) is 22.1 Å². The SMILES string of the molecule is CCNC(Cc1nccn1CC)CC(C)CC(C)(C)C. The second-order valence-corrected chi connectivity index (χ2v) is 7.19. The highest BCUT2D eigenvalue weighted by atomic mass is 15.1. The molecule has 2 unspecified atom stereocenters. The van der Waals surface area contributed by atoms with Crippen LogP contribution < -0.4 is 5.32 Å². The van der Waals surface area contributed by atoms with Crippen LogP contribution in [0.4, 0.5) is 0 Å². The van der Waals surface area contributed by atoms with Crippen LogP contribution in [0.3, 0.4) is 0 Å². The van der Waals surface area contributed by atoms with Crippen molar-refractivity contribution in [2.24, 2.45) is 11.3 Å². The summed E-state index contributed by atoms with van der Waals surface area (Å²) in [4.78, 5) is 4.51. The van der Waals surface area contributed by atoms with Gasteiger partial charge in [0.05, 0.1) is 0 Å². The molecule has 0 aliphatic carbocycles. The van der Waals surface area contributed by atoms with Gasteiger partial charge in [-0.2, -0.15) is 0 Å². The van der Waals surface area contributed by atoms with Crippen molar-refractivity contribution in [2.75, 3.05) is 6.54 Å². The highest BCUT2D eigenvalue weighted by Gasteiger charge is 2.20. The molecule has 1 N–H and O–H groups in total. The Hall–Kier alpha value is -0.830. The maximum Gasteiger partial charge on any atom is 0.110 e. The van der Waals surface area contributed by atoms with Crippen LogP contribution >= 0.6 is 0 Å². The third-order valence-electron chi connectivity index (χ3n) is 3.71. The lowest BCUT2D eigenvalue weighted by atomic mass is 9.82. The van der Waals surface area contributed by atoms with E-state index in [4.69, 9.17) is 0 Å². The van der Waals surface area contributed by atoms with Crippen molar-refractivity contribution in [3.8, 4) is 0 Å². The zero-order valence-corrected chi connectivity index (χ0v) is 14.2. The molecule has 1 heterocycles. The molecule has 1 aromatic rings. The van der Waals surface area contributed by atoms with E-state index in [1.165, 1.54) is 18.7 Å². The Balaban J connectivity index is 2.60. The Morgan fingerprint density at radius 3 is 2.55 bits per heavy atom. The molecule has 3 nitrogen and oxygen atoms in total. The summed E-state index contributed by atoms with van der Waals surface area (Å²) in [5, 5.41) is 3.64. The number of rotatable bonds is 8. The molecule has 0 spiro atoms. The van der Waals surface area contributed by atoms with Gasteiger partial charge in [0, 0.05) is 31.4 Å². The van der Waals surface area contributed by atoms with Crippen LogP contribution in [0.25, 0.3) is 0 Å². The Morgan fingerprint density at radius 2 is 2.00 bits per heavy atom. The van der Waals surface area contributed by atoms with E-state index < -0.39 is 0 Å². The normalized spacial score (nSPS) is 15.3. The topological polar surface area (TPSA) is 29.9 Å². The van der Waals surface area contributed by atoms with E-state index in [1.54, 1.807) is 0 Å². The van der Waals surface area contributed by atoms with Gasteiger partial charge in [0.2, 0.25) is 0 Å². The predicted octanol–water partition coefficient (Wildman–Crippen LogP) is 3.89. The first-order valence-corrected chi connectivity index (χ1v) is 8.09. The highest BCUT2D eigenvalue weighted by Crippen LogP contribution is 2.27. The summed E-state index contributed by atoms with van der Waals surface area (Å²) in [6.45, 7) is 15.8. The number of imidazole rings is 1. The molecule has 0 aromatic carbocycles. The van der Waals surface area contributed by atoms with Gasteiger partial charge in [0.15, 0.2) is 0 Å². The number of hydrogen-bond donors (Lipinski definition) is 1. The van der Waals surface area contributed by atoms with Gasteiger partial charge in [-0.3, -0.25) is 0 Å². The van der Waals surface area contributed by atoms with Gasteiger partial charge >= 0.3 is 0 Å². The molecule has 0 bridgehead atoms. The zero-order chi connectivity index (χ0) is 15.2. The fraction of sp³-hybridized carbons (Fsp3) is 0.824. The largest absolute Gasteiger partial charge is 0.335 e. The Labute approximate surface area is 125 Å². The van der Waals surface area contributed by atoms with Gasteiger partial charge in [-0.15, -0.1) is 0 Å². The number of nitrogens with zero attached hydrogens (tertiary/aromatic N) is 2. The first-order chi connectivity index (χ1) is 9.35. The molecule has 0 amide bonds. The number of nitrogens with one attached hydrogen (secondary N) is 1. The molecule has 0 saturated carbocycles. The summed E-state index contributed by atoms with van der Waals surface area (Å²) in [6.07, 6.45) is 7.53. The number of aromatic nitrogens is 2. The number of aryl methyl sites for hydroxylation is 1. The van der Waals surface area contributed by atoms with Crippen LogP contribution in [0.15, 0.2) is 12.4 Å². The monoisotopic (exact) mass is 279 g/mol. The predicted molar refractivity (Wildman–Crippen MR) is 86.9 cm³/mol. The average molecular weight is 279 g/mol. The summed E-state index contributed by atoms with van der Waals surface area (Å²) in [6, 6.07) is 0.532. The van der Waals surface area contributed by atoms with E-state index in [9.17, 15) is 0 Å². The fourth-order valence-corrected chi connectivity index (χ4v) is 3.18. The van der Waals surface area contributed by atoms with Crippen molar-refractivity contribution < 1.29 is 0 Å². The van der Waals surface area contributed by atoms with E-state index in [-0.39, 0.29) is 0 Å². The molecule has 1 rings (SSSR count). The molecule has 20 heavy (non-hydrogen) atoms. The summed E-state index contributed by atoms with van der Waals surface area (Å²) in [5.74, 6) is 1.95. The van der Waals surface area contributed by atoms with Crippen LogP contribution in [-0.2, 0) is 13.0 Å². The zero-order valence-electron chi connectivity index (χ0n) is 14.2. The first kappa shape index (κ1) is 17.2. The lowest BCUT2D eigenvalue weighted by Gasteiger charge is -2.27. The van der Waals surface area contributed by atoms with Crippen molar-refractivity contribution in [1.82, 2.24) is 14.9 Å². The average Bonchev–Trinajstić information content (AvgIpc) is 2.73. The third-order valence-corrected chi connectivity index (χ3v) is 3.71. The molecule has 0 aliphatic rings.